The van der Waals surface area contributed by atoms with E-state index in [4.69, 9.17) is 11.6 Å². The maximum Gasteiger partial charge on any atom is 0.234 e. The van der Waals surface area contributed by atoms with Crippen molar-refractivity contribution in [2.75, 3.05) is 19.6 Å². The minimum absolute atomic E-state index is 0.0137. The van der Waals surface area contributed by atoms with Crippen LogP contribution in [0.25, 0.3) is 0 Å². The number of nitrogens with zero attached hydrogens (tertiary/aromatic N) is 1. The largest absolute Gasteiger partial charge is 0.393 e. The molecule has 0 spiro atoms. The Morgan fingerprint density at radius 2 is 1.68 bits per heavy atom. The number of carbonyl (C=O) groups excluding carboxylic acids is 1. The van der Waals surface area contributed by atoms with Crippen LogP contribution in [0.5, 0.6) is 0 Å². The summed E-state index contributed by atoms with van der Waals surface area (Å²) in [6.07, 6.45) is 1.23. The number of piperidine rings is 1. The van der Waals surface area contributed by atoms with Gasteiger partial charge in [0.05, 0.1) is 18.7 Å². The van der Waals surface area contributed by atoms with Gasteiger partial charge in [0.25, 0.3) is 0 Å². The fourth-order valence-electron chi connectivity index (χ4n) is 3.15. The van der Waals surface area contributed by atoms with Gasteiger partial charge in [-0.25, -0.2) is 0 Å². The molecular formula is C20H23ClN2O2. The van der Waals surface area contributed by atoms with Gasteiger partial charge in [0, 0.05) is 18.1 Å². The van der Waals surface area contributed by atoms with E-state index in [2.05, 4.69) is 10.2 Å². The van der Waals surface area contributed by atoms with Crippen LogP contribution in [-0.4, -0.2) is 41.7 Å². The zero-order valence-corrected chi connectivity index (χ0v) is 14.8. The maximum atomic E-state index is 12.6. The first-order valence-electron chi connectivity index (χ1n) is 8.62. The first kappa shape index (κ1) is 17.9. The predicted octanol–water partition coefficient (Wildman–Crippen LogP) is 3.00. The van der Waals surface area contributed by atoms with E-state index in [0.29, 0.717) is 11.6 Å². The first-order valence-corrected chi connectivity index (χ1v) is 9.00. The summed E-state index contributed by atoms with van der Waals surface area (Å²) in [5.41, 5.74) is 2.03. The molecule has 0 aliphatic carbocycles. The van der Waals surface area contributed by atoms with Crippen LogP contribution in [0.2, 0.25) is 5.02 Å². The molecule has 2 aromatic rings. The zero-order chi connectivity index (χ0) is 17.6. The van der Waals surface area contributed by atoms with Crippen LogP contribution >= 0.6 is 11.6 Å². The Balaban J connectivity index is 1.71. The van der Waals surface area contributed by atoms with Crippen LogP contribution in [0.15, 0.2) is 54.6 Å². The van der Waals surface area contributed by atoms with Gasteiger partial charge >= 0.3 is 0 Å². The van der Waals surface area contributed by atoms with Crippen LogP contribution in [0, 0.1) is 0 Å². The number of aliphatic hydroxyl groups excluding tert-OH is 1. The Morgan fingerprint density at radius 3 is 2.32 bits per heavy atom. The van der Waals surface area contributed by atoms with Crippen LogP contribution in [0.1, 0.15) is 30.0 Å². The lowest BCUT2D eigenvalue weighted by Crippen LogP contribution is -2.43. The monoisotopic (exact) mass is 358 g/mol. The van der Waals surface area contributed by atoms with Crippen molar-refractivity contribution in [1.29, 1.82) is 0 Å². The highest BCUT2D eigenvalue weighted by molar-refractivity contribution is 6.30. The summed E-state index contributed by atoms with van der Waals surface area (Å²) in [5.74, 6) is -0.0137. The van der Waals surface area contributed by atoms with E-state index in [1.54, 1.807) is 0 Å². The lowest BCUT2D eigenvalue weighted by atomic mass is 9.98. The number of rotatable bonds is 5. The molecule has 1 saturated heterocycles. The highest BCUT2D eigenvalue weighted by Crippen LogP contribution is 2.23. The van der Waals surface area contributed by atoms with E-state index in [1.165, 1.54) is 0 Å². The van der Waals surface area contributed by atoms with Gasteiger partial charge in [-0.1, -0.05) is 54.1 Å². The van der Waals surface area contributed by atoms with Gasteiger partial charge in [-0.15, -0.1) is 0 Å². The molecule has 132 valence electrons. The Hall–Kier alpha value is -1.88. The van der Waals surface area contributed by atoms with Crippen molar-refractivity contribution < 1.29 is 9.90 Å². The smallest absolute Gasteiger partial charge is 0.234 e. The van der Waals surface area contributed by atoms with Crippen LogP contribution < -0.4 is 5.32 Å². The third-order valence-electron chi connectivity index (χ3n) is 4.57. The molecule has 1 fully saturated rings. The van der Waals surface area contributed by atoms with Crippen molar-refractivity contribution in [2.24, 2.45) is 0 Å². The number of hydrogen-bond acceptors (Lipinski definition) is 3. The zero-order valence-electron chi connectivity index (χ0n) is 14.1. The highest BCUT2D eigenvalue weighted by Gasteiger charge is 2.21. The number of likely N-dealkylation sites (tertiary alicyclic amines) is 1. The minimum Gasteiger partial charge on any atom is -0.393 e. The fourth-order valence-corrected chi connectivity index (χ4v) is 3.27. The average molecular weight is 359 g/mol. The summed E-state index contributed by atoms with van der Waals surface area (Å²) in [5, 5.41) is 13.4. The van der Waals surface area contributed by atoms with Crippen LogP contribution in [0.3, 0.4) is 0 Å². The number of benzene rings is 2. The summed E-state index contributed by atoms with van der Waals surface area (Å²) in [4.78, 5) is 14.7. The van der Waals surface area contributed by atoms with Crippen molar-refractivity contribution >= 4 is 17.5 Å². The Kier molecular flexibility index (Phi) is 6.08. The van der Waals surface area contributed by atoms with E-state index < -0.39 is 0 Å². The van der Waals surface area contributed by atoms with Gasteiger partial charge < -0.3 is 10.4 Å². The molecule has 2 aromatic carbocycles. The summed E-state index contributed by atoms with van der Waals surface area (Å²) in [6.45, 7) is 1.86. The lowest BCUT2D eigenvalue weighted by Gasteiger charge is -2.29. The second-order valence-electron chi connectivity index (χ2n) is 6.47. The van der Waals surface area contributed by atoms with Crippen LogP contribution in [-0.2, 0) is 4.79 Å². The first-order chi connectivity index (χ1) is 12.1. The predicted molar refractivity (Wildman–Crippen MR) is 99.6 cm³/mol. The summed E-state index contributed by atoms with van der Waals surface area (Å²) < 4.78 is 0. The molecule has 3 rings (SSSR count). The molecule has 1 atom stereocenters. The number of aliphatic hydroxyl groups is 1. The fraction of sp³-hybridized carbons (Fsp3) is 0.350. The van der Waals surface area contributed by atoms with Gasteiger partial charge in [0.1, 0.15) is 0 Å². The van der Waals surface area contributed by atoms with Crippen molar-refractivity contribution in [3.63, 3.8) is 0 Å². The van der Waals surface area contributed by atoms with Crippen molar-refractivity contribution in [2.45, 2.75) is 25.0 Å². The number of halogens is 1. The Morgan fingerprint density at radius 1 is 1.08 bits per heavy atom. The normalized spacial score (nSPS) is 17.2. The molecule has 5 heteroatoms. The third-order valence-corrected chi connectivity index (χ3v) is 4.82. The highest BCUT2D eigenvalue weighted by atomic mass is 35.5. The average Bonchev–Trinajstić information content (AvgIpc) is 2.63. The standard InChI is InChI=1S/C20H23ClN2O2/c21-17-8-6-16(7-9-17)20(15-4-2-1-3-5-15)22-19(25)14-23-12-10-18(24)11-13-23/h1-9,18,20,24H,10-14H2,(H,22,25)/t20-/m0/s1. The quantitative estimate of drug-likeness (QED) is 0.863. The second kappa shape index (κ2) is 8.48. The topological polar surface area (TPSA) is 52.6 Å². The molecule has 0 saturated carbocycles. The van der Waals surface area contributed by atoms with E-state index >= 15 is 0 Å². The number of carbonyl (C=O) groups is 1. The number of amides is 1. The summed E-state index contributed by atoms with van der Waals surface area (Å²) >= 11 is 5.99. The summed E-state index contributed by atoms with van der Waals surface area (Å²) in [6, 6.07) is 17.3. The SMILES string of the molecule is O=C(CN1CCC(O)CC1)N[C@@H](c1ccccc1)c1ccc(Cl)cc1. The molecule has 1 aliphatic heterocycles. The molecule has 1 aliphatic rings. The molecule has 2 N–H and O–H groups in total. The lowest BCUT2D eigenvalue weighted by molar-refractivity contribution is -0.123. The molecule has 0 unspecified atom stereocenters. The van der Waals surface area contributed by atoms with E-state index in [1.807, 2.05) is 54.6 Å². The molecule has 0 radical (unpaired) electrons. The number of nitrogens with one attached hydrogen (secondary N) is 1. The molecule has 1 heterocycles. The van der Waals surface area contributed by atoms with Gasteiger partial charge in [0.15, 0.2) is 0 Å². The van der Waals surface area contributed by atoms with Gasteiger partial charge in [-0.2, -0.15) is 0 Å². The second-order valence-corrected chi connectivity index (χ2v) is 6.91. The number of hydrogen-bond donors (Lipinski definition) is 2. The Bertz CT molecular complexity index is 683. The maximum absolute atomic E-state index is 12.6. The molecule has 1 amide bonds. The van der Waals surface area contributed by atoms with Crippen molar-refractivity contribution in [1.82, 2.24) is 10.2 Å². The van der Waals surface area contributed by atoms with Gasteiger partial charge in [-0.05, 0) is 36.1 Å². The minimum atomic E-state index is -0.231. The van der Waals surface area contributed by atoms with Crippen LogP contribution in [0.4, 0.5) is 0 Å². The van der Waals surface area contributed by atoms with E-state index in [0.717, 1.165) is 37.1 Å². The molecular weight excluding hydrogens is 336 g/mol. The summed E-state index contributed by atoms with van der Waals surface area (Å²) in [7, 11) is 0. The molecule has 4 nitrogen and oxygen atoms in total. The molecule has 25 heavy (non-hydrogen) atoms. The van der Waals surface area contributed by atoms with Crippen molar-refractivity contribution in [3.8, 4) is 0 Å². The molecule has 0 aromatic heterocycles. The molecule has 0 bridgehead atoms. The van der Waals surface area contributed by atoms with Gasteiger partial charge in [-0.3, -0.25) is 9.69 Å². The third kappa shape index (κ3) is 5.05. The van der Waals surface area contributed by atoms with E-state index in [-0.39, 0.29) is 18.1 Å². The van der Waals surface area contributed by atoms with Crippen molar-refractivity contribution in [3.05, 3.63) is 70.7 Å². The van der Waals surface area contributed by atoms with E-state index in [9.17, 15) is 9.90 Å². The van der Waals surface area contributed by atoms with Gasteiger partial charge in [0.2, 0.25) is 5.91 Å². The Labute approximate surface area is 153 Å².